The molecule has 0 bridgehead atoms. The maximum atomic E-state index is 11.9. The minimum Gasteiger partial charge on any atom is -0.359 e. The van der Waals surface area contributed by atoms with Crippen molar-refractivity contribution in [2.24, 2.45) is 5.92 Å². The number of carbonyl (C=O) groups excluding carboxylic acids is 2. The molecule has 17 heavy (non-hydrogen) atoms. The minimum atomic E-state index is -0.0239. The lowest BCUT2D eigenvalue weighted by Gasteiger charge is -2.40. The Morgan fingerprint density at radius 2 is 2.06 bits per heavy atom. The van der Waals surface area contributed by atoms with E-state index in [-0.39, 0.29) is 23.8 Å². The predicted octanol–water partition coefficient (Wildman–Crippen LogP) is 1.55. The molecule has 1 aliphatic heterocycles. The first-order valence-electron chi connectivity index (χ1n) is 6.66. The summed E-state index contributed by atoms with van der Waals surface area (Å²) < 4.78 is 0. The van der Waals surface area contributed by atoms with Crippen LogP contribution in [0.15, 0.2) is 0 Å². The fourth-order valence-electron chi connectivity index (χ4n) is 2.71. The summed E-state index contributed by atoms with van der Waals surface area (Å²) in [5.74, 6) is 0.235. The van der Waals surface area contributed by atoms with Crippen molar-refractivity contribution < 1.29 is 9.59 Å². The SMILES string of the molecule is CCCC1[C@@H](C(=O)NC)CCCN1C(=O)CC. The third-order valence-electron chi connectivity index (χ3n) is 3.57. The van der Waals surface area contributed by atoms with Crippen molar-refractivity contribution in [2.45, 2.75) is 52.0 Å². The van der Waals surface area contributed by atoms with Gasteiger partial charge >= 0.3 is 0 Å². The van der Waals surface area contributed by atoms with Gasteiger partial charge in [-0.15, -0.1) is 0 Å². The van der Waals surface area contributed by atoms with E-state index >= 15 is 0 Å². The van der Waals surface area contributed by atoms with Crippen LogP contribution in [0.25, 0.3) is 0 Å². The van der Waals surface area contributed by atoms with Crippen molar-refractivity contribution in [2.75, 3.05) is 13.6 Å². The molecular formula is C13H24N2O2. The van der Waals surface area contributed by atoms with Crippen LogP contribution in [0, 0.1) is 5.92 Å². The Morgan fingerprint density at radius 3 is 2.59 bits per heavy atom. The molecule has 1 fully saturated rings. The summed E-state index contributed by atoms with van der Waals surface area (Å²) in [7, 11) is 1.67. The van der Waals surface area contributed by atoms with Crippen LogP contribution in [0.1, 0.15) is 46.0 Å². The van der Waals surface area contributed by atoms with Gasteiger partial charge in [-0.25, -0.2) is 0 Å². The number of nitrogens with one attached hydrogen (secondary N) is 1. The summed E-state index contributed by atoms with van der Waals surface area (Å²) in [4.78, 5) is 25.7. The molecule has 0 aromatic rings. The van der Waals surface area contributed by atoms with Crippen molar-refractivity contribution in [1.29, 1.82) is 0 Å². The van der Waals surface area contributed by atoms with Gasteiger partial charge in [0.05, 0.1) is 5.92 Å². The molecule has 1 N–H and O–H groups in total. The maximum Gasteiger partial charge on any atom is 0.224 e. The van der Waals surface area contributed by atoms with Crippen LogP contribution in [0.5, 0.6) is 0 Å². The number of likely N-dealkylation sites (tertiary alicyclic amines) is 1. The Hall–Kier alpha value is -1.06. The van der Waals surface area contributed by atoms with Gasteiger partial charge in [-0.3, -0.25) is 9.59 Å². The third-order valence-corrected chi connectivity index (χ3v) is 3.57. The molecule has 98 valence electrons. The van der Waals surface area contributed by atoms with Gasteiger partial charge in [-0.2, -0.15) is 0 Å². The molecule has 1 rings (SSSR count). The highest BCUT2D eigenvalue weighted by Gasteiger charge is 2.36. The van der Waals surface area contributed by atoms with Gasteiger partial charge in [0.25, 0.3) is 0 Å². The van der Waals surface area contributed by atoms with Gasteiger partial charge in [-0.05, 0) is 19.3 Å². The Morgan fingerprint density at radius 1 is 1.35 bits per heavy atom. The quantitative estimate of drug-likeness (QED) is 0.810. The summed E-state index contributed by atoms with van der Waals surface area (Å²) in [6.45, 7) is 4.80. The Balaban J connectivity index is 2.83. The van der Waals surface area contributed by atoms with E-state index in [2.05, 4.69) is 12.2 Å². The highest BCUT2D eigenvalue weighted by atomic mass is 16.2. The fraction of sp³-hybridized carbons (Fsp3) is 0.846. The molecule has 1 unspecified atom stereocenters. The molecule has 1 heterocycles. The van der Waals surface area contributed by atoms with Gasteiger partial charge in [0.15, 0.2) is 0 Å². The van der Waals surface area contributed by atoms with Crippen LogP contribution in [0.2, 0.25) is 0 Å². The number of amides is 2. The summed E-state index contributed by atoms with van der Waals surface area (Å²) in [5.41, 5.74) is 0. The van der Waals surface area contributed by atoms with Crippen molar-refractivity contribution in [3.63, 3.8) is 0 Å². The molecule has 0 spiro atoms. The number of piperidine rings is 1. The molecule has 0 aliphatic carbocycles. The van der Waals surface area contributed by atoms with Gasteiger partial charge in [0, 0.05) is 26.1 Å². The van der Waals surface area contributed by atoms with Crippen LogP contribution >= 0.6 is 0 Å². The van der Waals surface area contributed by atoms with Gasteiger partial charge in [-0.1, -0.05) is 20.3 Å². The smallest absolute Gasteiger partial charge is 0.224 e. The van der Waals surface area contributed by atoms with Crippen LogP contribution in [0.3, 0.4) is 0 Å². The molecule has 0 aromatic carbocycles. The van der Waals surface area contributed by atoms with Gasteiger partial charge in [0.2, 0.25) is 11.8 Å². The third kappa shape index (κ3) is 3.20. The van der Waals surface area contributed by atoms with Crippen molar-refractivity contribution in [1.82, 2.24) is 10.2 Å². The zero-order valence-electron chi connectivity index (χ0n) is 11.2. The van der Waals surface area contributed by atoms with Gasteiger partial charge < -0.3 is 10.2 Å². The van der Waals surface area contributed by atoms with E-state index in [0.29, 0.717) is 6.42 Å². The summed E-state index contributed by atoms with van der Waals surface area (Å²) >= 11 is 0. The maximum absolute atomic E-state index is 11.9. The minimum absolute atomic E-state index is 0.0239. The zero-order chi connectivity index (χ0) is 12.8. The van der Waals surface area contributed by atoms with Crippen LogP contribution < -0.4 is 5.32 Å². The van der Waals surface area contributed by atoms with E-state index < -0.39 is 0 Å². The molecule has 0 saturated carbocycles. The Labute approximate surface area is 104 Å². The van der Waals surface area contributed by atoms with E-state index in [4.69, 9.17) is 0 Å². The first-order valence-corrected chi connectivity index (χ1v) is 6.66. The van der Waals surface area contributed by atoms with Crippen molar-refractivity contribution in [3.05, 3.63) is 0 Å². The summed E-state index contributed by atoms with van der Waals surface area (Å²) in [6.07, 6.45) is 4.29. The van der Waals surface area contributed by atoms with Crippen molar-refractivity contribution in [3.8, 4) is 0 Å². The number of hydrogen-bond donors (Lipinski definition) is 1. The second-order valence-corrected chi connectivity index (χ2v) is 4.66. The topological polar surface area (TPSA) is 49.4 Å². The lowest BCUT2D eigenvalue weighted by molar-refractivity contribution is -0.140. The zero-order valence-corrected chi connectivity index (χ0v) is 11.2. The monoisotopic (exact) mass is 240 g/mol. The van der Waals surface area contributed by atoms with Crippen LogP contribution in [0.4, 0.5) is 0 Å². The molecule has 4 heteroatoms. The lowest BCUT2D eigenvalue weighted by Crippen LogP contribution is -2.52. The summed E-state index contributed by atoms with van der Waals surface area (Å²) in [6, 6.07) is 0.0983. The highest BCUT2D eigenvalue weighted by molar-refractivity contribution is 5.81. The highest BCUT2D eigenvalue weighted by Crippen LogP contribution is 2.27. The molecule has 2 amide bonds. The molecule has 0 aromatic heterocycles. The number of hydrogen-bond acceptors (Lipinski definition) is 2. The van der Waals surface area contributed by atoms with Crippen LogP contribution in [-0.2, 0) is 9.59 Å². The van der Waals surface area contributed by atoms with E-state index in [1.54, 1.807) is 7.05 Å². The second kappa shape index (κ2) is 6.62. The standard InChI is InChI=1S/C13H24N2O2/c1-4-7-11-10(13(17)14-3)8-6-9-15(11)12(16)5-2/h10-11H,4-9H2,1-3H3,(H,14,17)/t10-,11?/m0/s1. The van der Waals surface area contributed by atoms with Crippen LogP contribution in [-0.4, -0.2) is 36.3 Å². The van der Waals surface area contributed by atoms with E-state index in [0.717, 1.165) is 32.2 Å². The average molecular weight is 240 g/mol. The molecule has 0 radical (unpaired) electrons. The largest absolute Gasteiger partial charge is 0.359 e. The molecule has 1 aliphatic rings. The lowest BCUT2D eigenvalue weighted by atomic mass is 9.85. The molecule has 4 nitrogen and oxygen atoms in total. The number of carbonyl (C=O) groups is 2. The normalized spacial score (nSPS) is 24.5. The average Bonchev–Trinajstić information content (AvgIpc) is 2.37. The molecular weight excluding hydrogens is 216 g/mol. The Bertz CT molecular complexity index is 255. The summed E-state index contributed by atoms with van der Waals surface area (Å²) in [5, 5.41) is 2.72. The second-order valence-electron chi connectivity index (χ2n) is 4.66. The predicted molar refractivity (Wildman–Crippen MR) is 67.5 cm³/mol. The van der Waals surface area contributed by atoms with Gasteiger partial charge in [0.1, 0.15) is 0 Å². The van der Waals surface area contributed by atoms with E-state index in [1.807, 2.05) is 11.8 Å². The van der Waals surface area contributed by atoms with Crippen molar-refractivity contribution >= 4 is 11.8 Å². The molecule has 1 saturated heterocycles. The van der Waals surface area contributed by atoms with E-state index in [9.17, 15) is 9.59 Å². The first kappa shape index (κ1) is 14.0. The molecule has 2 atom stereocenters. The first-order chi connectivity index (χ1) is 8.15. The fourth-order valence-corrected chi connectivity index (χ4v) is 2.71. The number of rotatable bonds is 4. The van der Waals surface area contributed by atoms with E-state index in [1.165, 1.54) is 0 Å². The number of nitrogens with zero attached hydrogens (tertiary/aromatic N) is 1. The Kier molecular flexibility index (Phi) is 5.45.